The normalized spacial score (nSPS) is 21.4. The van der Waals surface area contributed by atoms with E-state index in [4.69, 9.17) is 4.99 Å². The van der Waals surface area contributed by atoms with Gasteiger partial charge in [0.1, 0.15) is 12.4 Å². The molecular formula is C18H35IN6OS. The lowest BCUT2D eigenvalue weighted by atomic mass is 9.95. The van der Waals surface area contributed by atoms with Gasteiger partial charge in [-0.1, -0.05) is 26.7 Å². The van der Waals surface area contributed by atoms with E-state index in [0.29, 0.717) is 17.8 Å². The molecule has 0 aromatic carbocycles. The summed E-state index contributed by atoms with van der Waals surface area (Å²) in [4.78, 5) is 4.72. The van der Waals surface area contributed by atoms with Gasteiger partial charge in [-0.2, -0.15) is 0 Å². The highest BCUT2D eigenvalue weighted by Gasteiger charge is 2.26. The third kappa shape index (κ3) is 7.67. The molecule has 7 nitrogen and oxygen atoms in total. The van der Waals surface area contributed by atoms with Crippen LogP contribution in [0.4, 0.5) is 0 Å². The Hall–Kier alpha value is -0.710. The van der Waals surface area contributed by atoms with Crippen molar-refractivity contribution in [2.45, 2.75) is 77.1 Å². The molecule has 2 N–H and O–H groups in total. The van der Waals surface area contributed by atoms with E-state index in [0.717, 1.165) is 68.4 Å². The van der Waals surface area contributed by atoms with Crippen molar-refractivity contribution in [3.8, 4) is 0 Å². The maximum absolute atomic E-state index is 12.2. The van der Waals surface area contributed by atoms with E-state index in [1.54, 1.807) is 0 Å². The first kappa shape index (κ1) is 24.3. The first-order valence-electron chi connectivity index (χ1n) is 9.82. The number of nitrogens with one attached hydrogen (secondary N) is 2. The Bertz CT molecular complexity index is 621. The van der Waals surface area contributed by atoms with Crippen molar-refractivity contribution in [3.63, 3.8) is 0 Å². The van der Waals surface area contributed by atoms with Crippen LogP contribution in [0.5, 0.6) is 0 Å². The minimum absolute atomic E-state index is 0. The summed E-state index contributed by atoms with van der Waals surface area (Å²) in [6.45, 7) is 7.53. The Morgan fingerprint density at radius 1 is 1.33 bits per heavy atom. The molecule has 0 bridgehead atoms. The molecule has 27 heavy (non-hydrogen) atoms. The maximum Gasteiger partial charge on any atom is 0.191 e. The summed E-state index contributed by atoms with van der Waals surface area (Å²) in [6.07, 6.45) is 6.51. The predicted molar refractivity (Wildman–Crippen MR) is 123 cm³/mol. The summed E-state index contributed by atoms with van der Waals surface area (Å²) in [5.74, 6) is 3.32. The third-order valence-electron chi connectivity index (χ3n) is 5.01. The lowest BCUT2D eigenvalue weighted by Gasteiger charge is -2.30. The van der Waals surface area contributed by atoms with Gasteiger partial charge >= 0.3 is 0 Å². The van der Waals surface area contributed by atoms with Crippen molar-refractivity contribution in [1.29, 1.82) is 0 Å². The highest BCUT2D eigenvalue weighted by molar-refractivity contribution is 14.0. The molecule has 3 unspecified atom stereocenters. The standard InChI is InChI=1S/C18H34N6OS.HI/c1-5-7-11-19-18(20-13-17-23-22-14(3)24(17)4)21-15-9-8-10-16(12-15)26(25)6-2;/h15-16H,5-13H2,1-4H3,(H2,19,20,21);1H. The summed E-state index contributed by atoms with van der Waals surface area (Å²) in [7, 11) is 1.25. The molecule has 2 rings (SSSR count). The Labute approximate surface area is 183 Å². The number of hydrogen-bond donors (Lipinski definition) is 2. The number of aryl methyl sites for hydroxylation is 1. The van der Waals surface area contributed by atoms with Crippen LogP contribution in [0.25, 0.3) is 0 Å². The molecule has 1 aromatic heterocycles. The van der Waals surface area contributed by atoms with Crippen LogP contribution in [0.3, 0.4) is 0 Å². The molecule has 1 saturated carbocycles. The van der Waals surface area contributed by atoms with Crippen LogP contribution in [0.2, 0.25) is 0 Å². The van der Waals surface area contributed by atoms with E-state index in [-0.39, 0.29) is 24.0 Å². The molecule has 1 aliphatic rings. The smallest absolute Gasteiger partial charge is 0.191 e. The fourth-order valence-electron chi connectivity index (χ4n) is 3.22. The molecule has 0 saturated heterocycles. The Morgan fingerprint density at radius 2 is 2.11 bits per heavy atom. The molecule has 9 heteroatoms. The zero-order valence-corrected chi connectivity index (χ0v) is 20.2. The van der Waals surface area contributed by atoms with E-state index in [1.165, 1.54) is 0 Å². The molecule has 0 spiro atoms. The molecule has 1 heterocycles. The van der Waals surface area contributed by atoms with Crippen LogP contribution in [0.1, 0.15) is 64.0 Å². The zero-order valence-electron chi connectivity index (χ0n) is 17.0. The molecule has 1 fully saturated rings. The number of guanidine groups is 1. The number of aliphatic imine (C=N–C) groups is 1. The van der Waals surface area contributed by atoms with Crippen molar-refractivity contribution in [2.24, 2.45) is 12.0 Å². The molecule has 1 aromatic rings. The van der Waals surface area contributed by atoms with E-state index in [9.17, 15) is 4.21 Å². The molecule has 0 aliphatic heterocycles. The van der Waals surface area contributed by atoms with Crippen molar-refractivity contribution >= 4 is 40.7 Å². The van der Waals surface area contributed by atoms with E-state index >= 15 is 0 Å². The summed E-state index contributed by atoms with van der Waals surface area (Å²) < 4.78 is 14.1. The lowest BCUT2D eigenvalue weighted by Crippen LogP contribution is -2.47. The van der Waals surface area contributed by atoms with E-state index < -0.39 is 10.8 Å². The van der Waals surface area contributed by atoms with Gasteiger partial charge in [0.05, 0.1) is 0 Å². The summed E-state index contributed by atoms with van der Waals surface area (Å²) in [5.41, 5.74) is 0. The fourth-order valence-corrected chi connectivity index (χ4v) is 4.57. The number of aromatic nitrogens is 3. The second-order valence-corrected chi connectivity index (χ2v) is 8.97. The Balaban J connectivity index is 0.00000364. The SMILES string of the molecule is CCCCNC(=NCc1nnc(C)n1C)NC1CCCC(S(=O)CC)C1.I. The van der Waals surface area contributed by atoms with Crippen molar-refractivity contribution in [1.82, 2.24) is 25.4 Å². The highest BCUT2D eigenvalue weighted by atomic mass is 127. The maximum atomic E-state index is 12.2. The fraction of sp³-hybridized carbons (Fsp3) is 0.833. The van der Waals surface area contributed by atoms with Gasteiger partial charge in [0.2, 0.25) is 0 Å². The predicted octanol–water partition coefficient (Wildman–Crippen LogP) is 2.66. The van der Waals surface area contributed by atoms with Crippen LogP contribution < -0.4 is 10.6 Å². The van der Waals surface area contributed by atoms with Crippen molar-refractivity contribution in [3.05, 3.63) is 11.6 Å². The average Bonchev–Trinajstić information content (AvgIpc) is 2.97. The lowest BCUT2D eigenvalue weighted by molar-refractivity contribution is 0.413. The molecule has 156 valence electrons. The van der Waals surface area contributed by atoms with Gasteiger partial charge in [-0.05, 0) is 32.6 Å². The van der Waals surface area contributed by atoms with Gasteiger partial charge in [0.25, 0.3) is 0 Å². The summed E-state index contributed by atoms with van der Waals surface area (Å²) in [6, 6.07) is 0.332. The molecule has 3 atom stereocenters. The molecule has 1 aliphatic carbocycles. The van der Waals surface area contributed by atoms with Crippen LogP contribution in [0, 0.1) is 6.92 Å². The molecular weight excluding hydrogens is 475 g/mol. The van der Waals surface area contributed by atoms with Gasteiger partial charge in [0.15, 0.2) is 11.8 Å². The molecule has 0 radical (unpaired) electrons. The minimum atomic E-state index is -0.711. The van der Waals surface area contributed by atoms with Gasteiger partial charge in [0, 0.05) is 41.4 Å². The number of halogens is 1. The largest absolute Gasteiger partial charge is 0.356 e. The Morgan fingerprint density at radius 3 is 2.74 bits per heavy atom. The van der Waals surface area contributed by atoms with Crippen LogP contribution in [-0.2, 0) is 24.4 Å². The van der Waals surface area contributed by atoms with Crippen molar-refractivity contribution < 1.29 is 4.21 Å². The minimum Gasteiger partial charge on any atom is -0.356 e. The van der Waals surface area contributed by atoms with Crippen LogP contribution in [-0.4, -0.2) is 48.5 Å². The zero-order chi connectivity index (χ0) is 18.9. The summed E-state index contributed by atoms with van der Waals surface area (Å²) in [5, 5.41) is 15.6. The number of hydrogen-bond acceptors (Lipinski definition) is 4. The quantitative estimate of drug-likeness (QED) is 0.243. The highest BCUT2D eigenvalue weighted by Crippen LogP contribution is 2.23. The van der Waals surface area contributed by atoms with E-state index in [1.807, 2.05) is 25.5 Å². The monoisotopic (exact) mass is 510 g/mol. The first-order valence-corrected chi connectivity index (χ1v) is 11.2. The topological polar surface area (TPSA) is 84.2 Å². The second-order valence-electron chi connectivity index (χ2n) is 6.97. The van der Waals surface area contributed by atoms with Gasteiger partial charge in [-0.15, -0.1) is 34.2 Å². The number of rotatable bonds is 8. The van der Waals surface area contributed by atoms with Gasteiger partial charge in [-0.3, -0.25) is 4.21 Å². The van der Waals surface area contributed by atoms with Gasteiger partial charge < -0.3 is 15.2 Å². The van der Waals surface area contributed by atoms with Crippen LogP contribution >= 0.6 is 24.0 Å². The summed E-state index contributed by atoms with van der Waals surface area (Å²) >= 11 is 0. The average molecular weight is 510 g/mol. The second kappa shape index (κ2) is 12.7. The van der Waals surface area contributed by atoms with Gasteiger partial charge in [-0.25, -0.2) is 4.99 Å². The Kier molecular flexibility index (Phi) is 11.4. The molecule has 0 amide bonds. The third-order valence-corrected chi connectivity index (χ3v) is 6.75. The first-order chi connectivity index (χ1) is 12.5. The number of nitrogens with zero attached hydrogens (tertiary/aromatic N) is 4. The number of unbranched alkanes of at least 4 members (excludes halogenated alkanes) is 1. The van der Waals surface area contributed by atoms with E-state index in [2.05, 4.69) is 27.8 Å². The van der Waals surface area contributed by atoms with Crippen molar-refractivity contribution in [2.75, 3.05) is 12.3 Å². The van der Waals surface area contributed by atoms with Crippen LogP contribution in [0.15, 0.2) is 4.99 Å².